The molecule has 34 heavy (non-hydrogen) atoms. The van der Waals surface area contributed by atoms with E-state index in [9.17, 15) is 23.1 Å². The number of benzene rings is 2. The number of nitrogens with zero attached hydrogens (tertiary/aromatic N) is 2. The van der Waals surface area contributed by atoms with Gasteiger partial charge in [0.25, 0.3) is 0 Å². The Morgan fingerprint density at radius 1 is 0.941 bits per heavy atom. The lowest BCUT2D eigenvalue weighted by Gasteiger charge is -2.39. The van der Waals surface area contributed by atoms with Crippen molar-refractivity contribution in [3.8, 4) is 6.01 Å². The fourth-order valence-electron chi connectivity index (χ4n) is 3.73. The first-order valence-corrected chi connectivity index (χ1v) is 10.7. The molecule has 1 aromatic heterocycles. The molecule has 180 valence electrons. The molecule has 0 saturated heterocycles. The molecule has 0 aliphatic carbocycles. The molecule has 0 bridgehead atoms. The Hall–Kier alpha value is -3.46. The van der Waals surface area contributed by atoms with E-state index in [1.54, 1.807) is 50.2 Å². The molecule has 0 amide bonds. The van der Waals surface area contributed by atoms with Gasteiger partial charge in [-0.15, -0.1) is 0 Å². The molecule has 0 unspecified atom stereocenters. The lowest BCUT2D eigenvalue weighted by atomic mass is 9.80. The molecule has 3 aromatic rings. The third kappa shape index (κ3) is 5.36. The Labute approximate surface area is 195 Å². The van der Waals surface area contributed by atoms with E-state index >= 15 is 0 Å². The van der Waals surface area contributed by atoms with Crippen molar-refractivity contribution in [1.82, 2.24) is 9.97 Å². The predicted octanol–water partition coefficient (Wildman–Crippen LogP) is 5.31. The van der Waals surface area contributed by atoms with Crippen LogP contribution in [0.1, 0.15) is 41.4 Å². The molecule has 9 heteroatoms. The van der Waals surface area contributed by atoms with Gasteiger partial charge in [0.05, 0.1) is 5.56 Å². The number of carboxylic acids is 1. The molecule has 2 atom stereocenters. The standard InChI is InChI=1S/C25H25F3N2O4/c1-4-14-33-24(18-8-6-5-7-9-18,19-10-12-20(13-11-19)25(26,27)28)21(22(31)32)34-23-29-16(2)15-17(3)30-23/h5-13,15,21H,4,14H2,1-3H3,(H,31,32)/t21-,24-/m1/s1. The number of ether oxygens (including phenoxy) is 2. The van der Waals surface area contributed by atoms with Gasteiger partial charge < -0.3 is 14.6 Å². The Bertz CT molecular complexity index is 1100. The molecular weight excluding hydrogens is 449 g/mol. The van der Waals surface area contributed by atoms with Gasteiger partial charge in [0.2, 0.25) is 6.10 Å². The number of halogens is 3. The van der Waals surface area contributed by atoms with Crippen LogP contribution >= 0.6 is 0 Å². The molecule has 2 aromatic carbocycles. The number of aryl methyl sites for hydroxylation is 2. The fourth-order valence-corrected chi connectivity index (χ4v) is 3.73. The number of alkyl halides is 3. The zero-order valence-corrected chi connectivity index (χ0v) is 19.0. The number of aromatic nitrogens is 2. The van der Waals surface area contributed by atoms with Crippen LogP contribution in [-0.2, 0) is 21.3 Å². The van der Waals surface area contributed by atoms with Crippen molar-refractivity contribution >= 4 is 5.97 Å². The van der Waals surface area contributed by atoms with E-state index in [0.717, 1.165) is 12.1 Å². The highest BCUT2D eigenvalue weighted by molar-refractivity contribution is 5.76. The quantitative estimate of drug-likeness (QED) is 0.452. The minimum absolute atomic E-state index is 0.122. The molecule has 6 nitrogen and oxygen atoms in total. The third-order valence-corrected chi connectivity index (χ3v) is 5.16. The molecule has 1 heterocycles. The molecular formula is C25H25F3N2O4. The third-order valence-electron chi connectivity index (χ3n) is 5.16. The van der Waals surface area contributed by atoms with Gasteiger partial charge in [0, 0.05) is 18.0 Å². The summed E-state index contributed by atoms with van der Waals surface area (Å²) in [5.74, 6) is -1.39. The lowest BCUT2D eigenvalue weighted by molar-refractivity contribution is -0.164. The lowest BCUT2D eigenvalue weighted by Crippen LogP contribution is -2.51. The summed E-state index contributed by atoms with van der Waals surface area (Å²) in [6, 6.07) is 14.2. The molecule has 0 saturated carbocycles. The van der Waals surface area contributed by atoms with Crippen molar-refractivity contribution in [2.75, 3.05) is 6.61 Å². The average Bonchev–Trinajstić information content (AvgIpc) is 2.78. The molecule has 0 radical (unpaired) electrons. The van der Waals surface area contributed by atoms with Gasteiger partial charge in [0.15, 0.2) is 5.60 Å². The Morgan fingerprint density at radius 3 is 1.97 bits per heavy atom. The molecule has 0 fully saturated rings. The largest absolute Gasteiger partial charge is 0.478 e. The van der Waals surface area contributed by atoms with Crippen molar-refractivity contribution in [1.29, 1.82) is 0 Å². The van der Waals surface area contributed by atoms with Gasteiger partial charge in [-0.25, -0.2) is 14.8 Å². The maximum absolute atomic E-state index is 13.2. The number of hydrogen-bond acceptors (Lipinski definition) is 5. The van der Waals surface area contributed by atoms with E-state index in [0.29, 0.717) is 23.4 Å². The first-order valence-electron chi connectivity index (χ1n) is 10.7. The average molecular weight is 474 g/mol. The maximum atomic E-state index is 13.2. The van der Waals surface area contributed by atoms with Crippen molar-refractivity contribution in [2.24, 2.45) is 0 Å². The minimum atomic E-state index is -4.55. The number of carboxylic acid groups (broad SMARTS) is 1. The van der Waals surface area contributed by atoms with E-state index in [-0.39, 0.29) is 18.2 Å². The highest BCUT2D eigenvalue weighted by Crippen LogP contribution is 2.40. The predicted molar refractivity (Wildman–Crippen MR) is 118 cm³/mol. The van der Waals surface area contributed by atoms with Crippen LogP contribution in [-0.4, -0.2) is 33.8 Å². The van der Waals surface area contributed by atoms with E-state index in [4.69, 9.17) is 9.47 Å². The van der Waals surface area contributed by atoms with Crippen LogP contribution in [0.2, 0.25) is 0 Å². The number of aliphatic carboxylic acids is 1. The Morgan fingerprint density at radius 2 is 1.47 bits per heavy atom. The van der Waals surface area contributed by atoms with Crippen molar-refractivity contribution in [3.05, 3.63) is 88.7 Å². The number of hydrogen-bond donors (Lipinski definition) is 1. The monoisotopic (exact) mass is 474 g/mol. The summed E-state index contributed by atoms with van der Waals surface area (Å²) in [7, 11) is 0. The summed E-state index contributed by atoms with van der Waals surface area (Å²) in [6.07, 6.45) is -5.73. The Balaban J connectivity index is 2.25. The number of rotatable bonds is 9. The van der Waals surface area contributed by atoms with Crippen LogP contribution < -0.4 is 4.74 Å². The molecule has 0 aliphatic heterocycles. The van der Waals surface area contributed by atoms with Crippen LogP contribution in [0, 0.1) is 13.8 Å². The van der Waals surface area contributed by atoms with Gasteiger partial charge in [-0.3, -0.25) is 0 Å². The van der Waals surface area contributed by atoms with Gasteiger partial charge in [0.1, 0.15) is 0 Å². The van der Waals surface area contributed by atoms with Crippen molar-refractivity contribution < 1.29 is 32.5 Å². The fraction of sp³-hybridized carbons (Fsp3) is 0.320. The van der Waals surface area contributed by atoms with Gasteiger partial charge in [-0.05, 0) is 49.6 Å². The molecule has 0 aliphatic rings. The first kappa shape index (κ1) is 25.2. The van der Waals surface area contributed by atoms with E-state index < -0.39 is 29.4 Å². The highest BCUT2D eigenvalue weighted by atomic mass is 19.4. The first-order chi connectivity index (χ1) is 16.1. The summed E-state index contributed by atoms with van der Waals surface area (Å²) < 4.78 is 51.7. The summed E-state index contributed by atoms with van der Waals surface area (Å²) in [4.78, 5) is 21.0. The van der Waals surface area contributed by atoms with Gasteiger partial charge in [-0.2, -0.15) is 13.2 Å². The van der Waals surface area contributed by atoms with Gasteiger partial charge in [-0.1, -0.05) is 49.4 Å². The van der Waals surface area contributed by atoms with Crippen LogP contribution in [0.5, 0.6) is 6.01 Å². The zero-order valence-electron chi connectivity index (χ0n) is 19.0. The SMILES string of the molecule is CCCO[C@](c1ccccc1)(c1ccc(C(F)(F)F)cc1)[C@H](Oc1nc(C)cc(C)n1)C(=O)O. The second kappa shape index (κ2) is 10.2. The van der Waals surface area contributed by atoms with E-state index in [1.807, 2.05) is 6.92 Å². The van der Waals surface area contributed by atoms with Crippen molar-refractivity contribution in [3.63, 3.8) is 0 Å². The zero-order chi connectivity index (χ0) is 24.9. The highest BCUT2D eigenvalue weighted by Gasteiger charge is 2.50. The summed E-state index contributed by atoms with van der Waals surface area (Å²) in [5, 5.41) is 10.3. The van der Waals surface area contributed by atoms with Crippen LogP contribution in [0.15, 0.2) is 60.7 Å². The smallest absolute Gasteiger partial charge is 0.416 e. The summed E-state index contributed by atoms with van der Waals surface area (Å²) in [5.41, 5.74) is -0.910. The normalized spacial score (nSPS) is 14.3. The second-order valence-corrected chi connectivity index (χ2v) is 7.79. The second-order valence-electron chi connectivity index (χ2n) is 7.79. The molecule has 0 spiro atoms. The van der Waals surface area contributed by atoms with Crippen LogP contribution in [0.25, 0.3) is 0 Å². The molecule has 3 rings (SSSR count). The summed E-state index contributed by atoms with van der Waals surface area (Å²) in [6.45, 7) is 5.39. The maximum Gasteiger partial charge on any atom is 0.416 e. The molecule has 1 N–H and O–H groups in total. The van der Waals surface area contributed by atoms with E-state index in [2.05, 4.69) is 9.97 Å². The van der Waals surface area contributed by atoms with Gasteiger partial charge >= 0.3 is 18.2 Å². The summed E-state index contributed by atoms with van der Waals surface area (Å²) >= 11 is 0. The van der Waals surface area contributed by atoms with E-state index in [1.165, 1.54) is 12.1 Å². The van der Waals surface area contributed by atoms with Crippen LogP contribution in [0.4, 0.5) is 13.2 Å². The number of carbonyl (C=O) groups is 1. The minimum Gasteiger partial charge on any atom is -0.478 e. The van der Waals surface area contributed by atoms with Crippen molar-refractivity contribution in [2.45, 2.75) is 45.1 Å². The Kier molecular flexibility index (Phi) is 7.56. The topological polar surface area (TPSA) is 81.5 Å². The van der Waals surface area contributed by atoms with Crippen LogP contribution in [0.3, 0.4) is 0 Å².